The molecule has 14 heavy (non-hydrogen) atoms. The second-order valence-corrected chi connectivity index (χ2v) is 3.04. The topological polar surface area (TPSA) is 52.6 Å². The van der Waals surface area contributed by atoms with Crippen LogP contribution in [0.4, 0.5) is 0 Å². The SMILES string of the molecule is COC(=O)/C(C)=C/C[C@@H](C)C(=O)OC. The Morgan fingerprint density at radius 3 is 2.29 bits per heavy atom. The van der Waals surface area contributed by atoms with E-state index in [0.717, 1.165) is 0 Å². The van der Waals surface area contributed by atoms with Crippen LogP contribution in [0.1, 0.15) is 20.3 Å². The van der Waals surface area contributed by atoms with E-state index < -0.39 is 0 Å². The fourth-order valence-electron chi connectivity index (χ4n) is 0.895. The van der Waals surface area contributed by atoms with Gasteiger partial charge in [0.25, 0.3) is 0 Å². The summed E-state index contributed by atoms with van der Waals surface area (Å²) in [5, 5.41) is 0. The molecule has 1 atom stereocenters. The van der Waals surface area contributed by atoms with Crippen LogP contribution in [0.3, 0.4) is 0 Å². The first kappa shape index (κ1) is 12.7. The molecule has 0 rings (SSSR count). The highest BCUT2D eigenvalue weighted by Gasteiger charge is 2.12. The molecule has 4 nitrogen and oxygen atoms in total. The van der Waals surface area contributed by atoms with Crippen molar-refractivity contribution in [1.82, 2.24) is 0 Å². The molecule has 0 amide bonds. The van der Waals surface area contributed by atoms with Crippen molar-refractivity contribution in [2.45, 2.75) is 20.3 Å². The van der Waals surface area contributed by atoms with E-state index in [-0.39, 0.29) is 17.9 Å². The number of carbonyl (C=O) groups excluding carboxylic acids is 2. The minimum absolute atomic E-state index is 0.236. The summed E-state index contributed by atoms with van der Waals surface area (Å²) in [6.45, 7) is 3.39. The minimum atomic E-state index is -0.373. The van der Waals surface area contributed by atoms with Gasteiger partial charge in [-0.15, -0.1) is 0 Å². The molecule has 0 bridgehead atoms. The zero-order valence-corrected chi connectivity index (χ0v) is 8.99. The van der Waals surface area contributed by atoms with Gasteiger partial charge in [-0.2, -0.15) is 0 Å². The number of esters is 2. The molecule has 0 aliphatic heterocycles. The molecule has 0 aromatic carbocycles. The molecule has 0 aromatic heterocycles. The van der Waals surface area contributed by atoms with Gasteiger partial charge in [0.05, 0.1) is 20.1 Å². The van der Waals surface area contributed by atoms with Gasteiger partial charge in [-0.3, -0.25) is 4.79 Å². The molecule has 0 aromatic rings. The highest BCUT2D eigenvalue weighted by atomic mass is 16.5. The first-order valence-electron chi connectivity index (χ1n) is 4.35. The first-order valence-corrected chi connectivity index (χ1v) is 4.35. The van der Waals surface area contributed by atoms with Crippen molar-refractivity contribution in [2.75, 3.05) is 14.2 Å². The molecule has 0 fully saturated rings. The average Bonchev–Trinajstić information content (AvgIpc) is 2.22. The number of methoxy groups -OCH3 is 2. The lowest BCUT2D eigenvalue weighted by atomic mass is 10.1. The summed E-state index contributed by atoms with van der Waals surface area (Å²) >= 11 is 0. The van der Waals surface area contributed by atoms with Gasteiger partial charge in [0.2, 0.25) is 0 Å². The number of hydrogen-bond donors (Lipinski definition) is 0. The maximum atomic E-state index is 11.0. The molecular weight excluding hydrogens is 184 g/mol. The Bertz CT molecular complexity index is 243. The third-order valence-corrected chi connectivity index (χ3v) is 1.89. The van der Waals surface area contributed by atoms with Crippen molar-refractivity contribution in [3.8, 4) is 0 Å². The second-order valence-electron chi connectivity index (χ2n) is 3.04. The lowest BCUT2D eigenvalue weighted by molar-refractivity contribution is -0.144. The van der Waals surface area contributed by atoms with Gasteiger partial charge in [0.1, 0.15) is 0 Å². The highest BCUT2D eigenvalue weighted by Crippen LogP contribution is 2.08. The fraction of sp³-hybridized carbons (Fsp3) is 0.600. The van der Waals surface area contributed by atoms with Crippen LogP contribution >= 0.6 is 0 Å². The molecule has 0 saturated heterocycles. The van der Waals surface area contributed by atoms with Gasteiger partial charge in [-0.25, -0.2) is 4.79 Å². The van der Waals surface area contributed by atoms with E-state index in [0.29, 0.717) is 12.0 Å². The van der Waals surface area contributed by atoms with E-state index >= 15 is 0 Å². The Labute approximate surface area is 83.9 Å². The summed E-state index contributed by atoms with van der Waals surface area (Å²) in [5.74, 6) is -0.888. The summed E-state index contributed by atoms with van der Waals surface area (Å²) in [7, 11) is 2.67. The maximum Gasteiger partial charge on any atom is 0.333 e. The lowest BCUT2D eigenvalue weighted by Gasteiger charge is -2.06. The van der Waals surface area contributed by atoms with Crippen molar-refractivity contribution in [2.24, 2.45) is 5.92 Å². The number of carbonyl (C=O) groups is 2. The molecule has 0 aliphatic rings. The molecular formula is C10H16O4. The standard InChI is InChI=1S/C10H16O4/c1-7(9(11)13-3)5-6-8(2)10(12)14-4/h5,8H,6H2,1-4H3/b7-5+/t8-/m1/s1. The van der Waals surface area contributed by atoms with Gasteiger partial charge in [0, 0.05) is 5.57 Å². The third-order valence-electron chi connectivity index (χ3n) is 1.89. The van der Waals surface area contributed by atoms with Crippen LogP contribution < -0.4 is 0 Å². The van der Waals surface area contributed by atoms with Gasteiger partial charge in [0.15, 0.2) is 0 Å². The van der Waals surface area contributed by atoms with Crippen molar-refractivity contribution < 1.29 is 19.1 Å². The number of hydrogen-bond acceptors (Lipinski definition) is 4. The van der Waals surface area contributed by atoms with E-state index in [1.807, 2.05) is 0 Å². The molecule has 0 aliphatic carbocycles. The zero-order valence-electron chi connectivity index (χ0n) is 8.99. The second kappa shape index (κ2) is 6.18. The minimum Gasteiger partial charge on any atom is -0.469 e. The van der Waals surface area contributed by atoms with E-state index in [4.69, 9.17) is 0 Å². The molecule has 0 spiro atoms. The summed E-state index contributed by atoms with van der Waals surface area (Å²) in [6, 6.07) is 0. The van der Waals surface area contributed by atoms with Crippen LogP contribution in [0.25, 0.3) is 0 Å². The molecule has 0 N–H and O–H groups in total. The smallest absolute Gasteiger partial charge is 0.333 e. The van der Waals surface area contributed by atoms with E-state index in [1.165, 1.54) is 14.2 Å². The van der Waals surface area contributed by atoms with E-state index in [9.17, 15) is 9.59 Å². The molecule has 0 heterocycles. The van der Waals surface area contributed by atoms with E-state index in [1.54, 1.807) is 19.9 Å². The number of rotatable bonds is 4. The predicted molar refractivity (Wildman–Crippen MR) is 51.6 cm³/mol. The van der Waals surface area contributed by atoms with Crippen LogP contribution in [0.2, 0.25) is 0 Å². The Morgan fingerprint density at radius 2 is 1.86 bits per heavy atom. The molecule has 0 unspecified atom stereocenters. The Morgan fingerprint density at radius 1 is 1.29 bits per heavy atom. The summed E-state index contributed by atoms with van der Waals surface area (Å²) in [6.07, 6.45) is 2.15. The van der Waals surface area contributed by atoms with Crippen molar-refractivity contribution in [3.05, 3.63) is 11.6 Å². The number of allylic oxidation sites excluding steroid dienone is 1. The molecule has 80 valence electrons. The van der Waals surface area contributed by atoms with Crippen LogP contribution in [-0.4, -0.2) is 26.2 Å². The highest BCUT2D eigenvalue weighted by molar-refractivity contribution is 5.87. The molecule has 0 saturated carbocycles. The third kappa shape index (κ3) is 4.07. The summed E-state index contributed by atoms with van der Waals surface area (Å²) in [5.41, 5.74) is 0.503. The van der Waals surface area contributed by atoms with Gasteiger partial charge in [-0.1, -0.05) is 13.0 Å². The predicted octanol–water partition coefficient (Wildman–Crippen LogP) is 1.30. The lowest BCUT2D eigenvalue weighted by Crippen LogP contribution is -2.12. The fourth-order valence-corrected chi connectivity index (χ4v) is 0.895. The Kier molecular flexibility index (Phi) is 5.60. The Balaban J connectivity index is 4.15. The van der Waals surface area contributed by atoms with Gasteiger partial charge >= 0.3 is 11.9 Å². The van der Waals surface area contributed by atoms with Crippen LogP contribution in [0.5, 0.6) is 0 Å². The molecule has 4 heteroatoms. The number of ether oxygens (including phenoxy) is 2. The Hall–Kier alpha value is -1.32. The molecule has 0 radical (unpaired) electrons. The normalized spacial score (nSPS) is 13.3. The van der Waals surface area contributed by atoms with Crippen LogP contribution in [-0.2, 0) is 19.1 Å². The zero-order chi connectivity index (χ0) is 11.1. The quantitative estimate of drug-likeness (QED) is 0.507. The average molecular weight is 200 g/mol. The monoisotopic (exact) mass is 200 g/mol. The van der Waals surface area contributed by atoms with Crippen LogP contribution in [0, 0.1) is 5.92 Å². The summed E-state index contributed by atoms with van der Waals surface area (Å²) in [4.78, 5) is 22.0. The van der Waals surface area contributed by atoms with Crippen molar-refractivity contribution >= 4 is 11.9 Å². The largest absolute Gasteiger partial charge is 0.469 e. The summed E-state index contributed by atoms with van der Waals surface area (Å²) < 4.78 is 9.05. The maximum absolute atomic E-state index is 11.0. The van der Waals surface area contributed by atoms with Crippen molar-refractivity contribution in [1.29, 1.82) is 0 Å². The first-order chi connectivity index (χ1) is 6.52. The van der Waals surface area contributed by atoms with Crippen molar-refractivity contribution in [3.63, 3.8) is 0 Å². The van der Waals surface area contributed by atoms with Gasteiger partial charge in [-0.05, 0) is 13.3 Å². The van der Waals surface area contributed by atoms with Crippen LogP contribution in [0.15, 0.2) is 11.6 Å². The van der Waals surface area contributed by atoms with Gasteiger partial charge < -0.3 is 9.47 Å². The van der Waals surface area contributed by atoms with E-state index in [2.05, 4.69) is 9.47 Å².